The third-order valence-corrected chi connectivity index (χ3v) is 13.6. The van der Waals surface area contributed by atoms with E-state index in [-0.39, 0.29) is 41.7 Å². The number of H-pyrrole nitrogens is 1. The molecule has 2 saturated heterocycles. The van der Waals surface area contributed by atoms with Gasteiger partial charge in [0.25, 0.3) is 0 Å². The molecule has 5 aromatic carbocycles. The molecule has 1 unspecified atom stereocenters. The van der Waals surface area contributed by atoms with Gasteiger partial charge in [-0.2, -0.15) is 0 Å². The zero-order valence-corrected chi connectivity index (χ0v) is 39.2. The number of nitrogens with zero attached hydrogens (tertiary/aromatic N) is 3. The molecule has 2 fully saturated rings. The first-order valence-electron chi connectivity index (χ1n) is 23.9. The third kappa shape index (κ3) is 9.50. The topological polar surface area (TPSA) is 146 Å². The van der Waals surface area contributed by atoms with Crippen molar-refractivity contribution in [1.82, 2.24) is 30.4 Å². The van der Waals surface area contributed by atoms with E-state index < -0.39 is 12.1 Å². The second-order valence-electron chi connectivity index (χ2n) is 18.7. The lowest BCUT2D eigenvalue weighted by atomic mass is 9.87. The number of hydrogen-bond donors (Lipinski definition) is 4. The molecule has 3 heterocycles. The van der Waals surface area contributed by atoms with Crippen molar-refractivity contribution >= 4 is 46.8 Å². The van der Waals surface area contributed by atoms with Crippen LogP contribution in [-0.4, -0.2) is 69.4 Å². The Balaban J connectivity index is 0.891. The molecule has 11 heteroatoms. The molecule has 3 aliphatic rings. The number of benzene rings is 5. The Morgan fingerprint density at radius 2 is 1.43 bits per heavy atom. The summed E-state index contributed by atoms with van der Waals surface area (Å²) in [6, 6.07) is 37.0. The van der Waals surface area contributed by atoms with Crippen LogP contribution >= 0.6 is 0 Å². The van der Waals surface area contributed by atoms with Crippen LogP contribution < -0.4 is 21.1 Å². The van der Waals surface area contributed by atoms with E-state index in [0.717, 1.165) is 99.3 Å². The Morgan fingerprint density at radius 1 is 0.779 bits per heavy atom. The van der Waals surface area contributed by atoms with Crippen molar-refractivity contribution in [2.75, 3.05) is 19.6 Å². The molecule has 0 spiro atoms. The minimum absolute atomic E-state index is 0.0791. The number of carbonyl (C=O) groups excluding carboxylic acids is 3. The molecule has 5 N–H and O–H groups in total. The van der Waals surface area contributed by atoms with Gasteiger partial charge in [0.2, 0.25) is 11.8 Å². The first-order chi connectivity index (χ1) is 33.1. The maximum absolute atomic E-state index is 14.1. The zero-order chi connectivity index (χ0) is 47.3. The molecule has 6 aromatic rings. The largest absolute Gasteiger partial charge is 0.413 e. The number of imidazole rings is 1. The lowest BCUT2D eigenvalue weighted by Gasteiger charge is -2.31. The van der Waals surface area contributed by atoms with E-state index in [1.165, 1.54) is 0 Å². The van der Waals surface area contributed by atoms with Crippen molar-refractivity contribution < 1.29 is 19.1 Å². The molecular formula is C57H59N7O4. The number of aromatic nitrogens is 2. The van der Waals surface area contributed by atoms with E-state index in [1.807, 2.05) is 61.2 Å². The monoisotopic (exact) mass is 905 g/mol. The Labute approximate surface area is 398 Å². The highest BCUT2D eigenvalue weighted by Gasteiger charge is 2.38. The van der Waals surface area contributed by atoms with Gasteiger partial charge in [-0.3, -0.25) is 9.59 Å². The summed E-state index contributed by atoms with van der Waals surface area (Å²) in [5, 5.41) is 6.41. The van der Waals surface area contributed by atoms with Crippen molar-refractivity contribution in [3.63, 3.8) is 0 Å². The minimum Gasteiger partial charge on any atom is -0.410 e. The van der Waals surface area contributed by atoms with Gasteiger partial charge in [-0.25, -0.2) is 9.78 Å². The first kappa shape index (κ1) is 45.6. The van der Waals surface area contributed by atoms with Gasteiger partial charge in [-0.05, 0) is 118 Å². The zero-order valence-electron chi connectivity index (χ0n) is 39.2. The Morgan fingerprint density at radius 3 is 2.10 bits per heavy atom. The SMILES string of the molecule is CC(C)C(C(=O)N1CCC[C@H]1CN/C(=C\N)c1ccc(-c2ccc(-c3ccc4nc([C@@H]5CCCN5C(=O)[C@@H](NC(=O)Oc5ccccc5)C(C)C)[nH]c4c3)c3c2C=C=C=C3)cc1)c1ccccc1. The number of rotatable bonds is 14. The van der Waals surface area contributed by atoms with E-state index >= 15 is 0 Å². The van der Waals surface area contributed by atoms with Crippen molar-refractivity contribution in [1.29, 1.82) is 0 Å². The quantitative estimate of drug-likeness (QED) is 0.0795. The normalized spacial score (nSPS) is 17.5. The Kier molecular flexibility index (Phi) is 13.5. The number of hydrogen-bond acceptors (Lipinski definition) is 7. The van der Waals surface area contributed by atoms with E-state index in [2.05, 4.69) is 106 Å². The standard InChI is InChI=1S/C57H59N7O4/c1-36(2)52(40-15-7-5-8-16-40)55(65)63-31-13-17-42(63)35-59-50(34-58)39-25-23-38(24-26-39)44-28-29-45(47-21-12-11-20-46(44)47)41-27-30-48-49(33-41)61-54(60-48)51-22-14-32-64(51)56(66)53(37(3)4)62-57(67)68-43-18-9-6-10-19-43/h5-10,15-16,18-21,23-30,33-34,36-37,42,51-53,59H,13-14,17,22,31-32,35,58H2,1-4H3,(H,60,61)(H,62,67)/b50-34-/t42-,51-,52?,53-/m0/s1. The molecule has 0 radical (unpaired) electrons. The summed E-state index contributed by atoms with van der Waals surface area (Å²) in [4.78, 5) is 53.4. The van der Waals surface area contributed by atoms with E-state index in [4.69, 9.17) is 15.5 Å². The van der Waals surface area contributed by atoms with Gasteiger partial charge in [-0.15, -0.1) is 0 Å². The summed E-state index contributed by atoms with van der Waals surface area (Å²) >= 11 is 0. The second kappa shape index (κ2) is 20.1. The molecule has 346 valence electrons. The fraction of sp³-hybridized carbons (Fsp3) is 0.298. The van der Waals surface area contributed by atoms with Gasteiger partial charge in [0.1, 0.15) is 17.6 Å². The maximum atomic E-state index is 14.1. The van der Waals surface area contributed by atoms with Gasteiger partial charge >= 0.3 is 6.09 Å². The number of ether oxygens (including phenoxy) is 1. The van der Waals surface area contributed by atoms with Crippen molar-refractivity contribution in [3.05, 3.63) is 161 Å². The second-order valence-corrected chi connectivity index (χ2v) is 18.7. The lowest BCUT2D eigenvalue weighted by molar-refractivity contribution is -0.135. The molecule has 3 amide bonds. The predicted molar refractivity (Wildman–Crippen MR) is 270 cm³/mol. The van der Waals surface area contributed by atoms with E-state index in [9.17, 15) is 14.4 Å². The Hall–Kier alpha value is -7.58. The maximum Gasteiger partial charge on any atom is 0.413 e. The molecule has 0 saturated carbocycles. The summed E-state index contributed by atoms with van der Waals surface area (Å²) in [5.74, 6) is 1.02. The van der Waals surface area contributed by atoms with Gasteiger partial charge in [0.05, 0.1) is 28.7 Å². The lowest BCUT2D eigenvalue weighted by Crippen LogP contribution is -2.51. The molecule has 0 bridgehead atoms. The number of para-hydroxylation sites is 1. The molecule has 4 atom stereocenters. The van der Waals surface area contributed by atoms with Crippen LogP contribution in [0.3, 0.4) is 0 Å². The number of amides is 3. The van der Waals surface area contributed by atoms with Crippen molar-refractivity contribution in [3.8, 4) is 28.0 Å². The van der Waals surface area contributed by atoms with Gasteiger partial charge < -0.3 is 35.9 Å². The van der Waals surface area contributed by atoms with Crippen LogP contribution in [0.5, 0.6) is 5.75 Å². The van der Waals surface area contributed by atoms with Gasteiger partial charge in [0, 0.05) is 31.9 Å². The highest BCUT2D eigenvalue weighted by Crippen LogP contribution is 2.39. The summed E-state index contributed by atoms with van der Waals surface area (Å²) < 4.78 is 5.47. The van der Waals surface area contributed by atoms with Crippen molar-refractivity contribution in [2.24, 2.45) is 17.6 Å². The first-order valence-corrected chi connectivity index (χ1v) is 23.9. The molecule has 1 aliphatic carbocycles. The molecular weight excluding hydrogens is 847 g/mol. The van der Waals surface area contributed by atoms with Crippen molar-refractivity contribution in [2.45, 2.75) is 77.4 Å². The molecule has 11 nitrogen and oxygen atoms in total. The number of carbonyl (C=O) groups is 3. The Bertz CT molecular complexity index is 2940. The highest BCUT2D eigenvalue weighted by atomic mass is 16.6. The summed E-state index contributed by atoms with van der Waals surface area (Å²) in [6.45, 7) is 10.0. The average molecular weight is 906 g/mol. The number of nitrogens with one attached hydrogen (secondary N) is 3. The fourth-order valence-electron chi connectivity index (χ4n) is 10.1. The molecule has 9 rings (SSSR count). The number of aromatic amines is 1. The van der Waals surface area contributed by atoms with E-state index in [1.54, 1.807) is 30.5 Å². The van der Waals surface area contributed by atoms with Crippen LogP contribution in [0.2, 0.25) is 0 Å². The molecule has 68 heavy (non-hydrogen) atoms. The number of fused-ring (bicyclic) bond motifs is 2. The van der Waals surface area contributed by atoms with Crippen LogP contribution in [0, 0.1) is 11.8 Å². The summed E-state index contributed by atoms with van der Waals surface area (Å²) in [6.07, 6.45) is 8.44. The van der Waals surface area contributed by atoms with Crippen LogP contribution in [0.4, 0.5) is 4.79 Å². The number of likely N-dealkylation sites (tertiary alicyclic amines) is 2. The summed E-state index contributed by atoms with van der Waals surface area (Å²) in [5.41, 5.74) is 23.4. The van der Waals surface area contributed by atoms with Gasteiger partial charge in [0.15, 0.2) is 0 Å². The highest BCUT2D eigenvalue weighted by molar-refractivity contribution is 5.93. The predicted octanol–water partition coefficient (Wildman–Crippen LogP) is 10.4. The number of nitrogens with two attached hydrogens (primary N) is 1. The van der Waals surface area contributed by atoms with Gasteiger partial charge in [-0.1, -0.05) is 130 Å². The van der Waals surface area contributed by atoms with Crippen LogP contribution in [0.15, 0.2) is 133 Å². The molecule has 1 aromatic heterocycles. The minimum atomic E-state index is -0.760. The van der Waals surface area contributed by atoms with Crippen LogP contribution in [0.25, 0.3) is 51.1 Å². The van der Waals surface area contributed by atoms with Crippen LogP contribution in [-0.2, 0) is 9.59 Å². The average Bonchev–Trinajstić information content (AvgIpc) is 4.14. The fourth-order valence-corrected chi connectivity index (χ4v) is 10.1. The smallest absolute Gasteiger partial charge is 0.410 e. The van der Waals surface area contributed by atoms with E-state index in [0.29, 0.717) is 18.8 Å². The van der Waals surface area contributed by atoms with Crippen LogP contribution in [0.1, 0.15) is 93.4 Å². The summed E-state index contributed by atoms with van der Waals surface area (Å²) in [7, 11) is 0. The molecule has 2 aliphatic heterocycles. The third-order valence-electron chi connectivity index (χ3n) is 13.6.